The molecule has 5 nitrogen and oxygen atoms in total. The zero-order chi connectivity index (χ0) is 19.1. The normalized spacial score (nSPS) is 17.3. The number of hydrogen-bond donors (Lipinski definition) is 3. The summed E-state index contributed by atoms with van der Waals surface area (Å²) in [6.07, 6.45) is 2.64. The highest BCUT2D eigenvalue weighted by molar-refractivity contribution is 6.04. The number of hydrogen-bond acceptors (Lipinski definition) is 3. The minimum Gasteiger partial charge on any atom is -0.350 e. The molecule has 2 aromatic carbocycles. The number of benzene rings is 2. The number of rotatable bonds is 7. The SMILES string of the molecule is CC(NC(=O)CCC1CCNC1)c1cccc(NC(=O)c2ccccc2)c1. The van der Waals surface area contributed by atoms with Gasteiger partial charge in [0, 0.05) is 17.7 Å². The van der Waals surface area contributed by atoms with Gasteiger partial charge < -0.3 is 16.0 Å². The van der Waals surface area contributed by atoms with Crippen molar-refractivity contribution in [3.05, 3.63) is 65.7 Å². The Bertz CT molecular complexity index is 770. The fourth-order valence-corrected chi connectivity index (χ4v) is 3.37. The second-order valence-electron chi connectivity index (χ2n) is 7.13. The van der Waals surface area contributed by atoms with E-state index >= 15 is 0 Å². The van der Waals surface area contributed by atoms with Crippen LogP contribution in [0.5, 0.6) is 0 Å². The van der Waals surface area contributed by atoms with E-state index in [1.54, 1.807) is 12.1 Å². The summed E-state index contributed by atoms with van der Waals surface area (Å²) in [6, 6.07) is 16.6. The third-order valence-electron chi connectivity index (χ3n) is 5.00. The van der Waals surface area contributed by atoms with E-state index in [0.29, 0.717) is 17.9 Å². The number of carbonyl (C=O) groups is 2. The molecule has 0 radical (unpaired) electrons. The molecule has 1 heterocycles. The predicted molar refractivity (Wildman–Crippen MR) is 108 cm³/mol. The number of nitrogens with one attached hydrogen (secondary N) is 3. The lowest BCUT2D eigenvalue weighted by Gasteiger charge is -2.16. The third-order valence-corrected chi connectivity index (χ3v) is 5.00. The summed E-state index contributed by atoms with van der Waals surface area (Å²) in [5.74, 6) is 0.547. The Kier molecular flexibility index (Phi) is 6.60. The largest absolute Gasteiger partial charge is 0.350 e. The van der Waals surface area contributed by atoms with Gasteiger partial charge in [-0.05, 0) is 68.6 Å². The van der Waals surface area contributed by atoms with Crippen molar-refractivity contribution in [2.45, 2.75) is 32.2 Å². The highest BCUT2D eigenvalue weighted by atomic mass is 16.2. The van der Waals surface area contributed by atoms with E-state index in [2.05, 4.69) is 16.0 Å². The van der Waals surface area contributed by atoms with Gasteiger partial charge in [0.1, 0.15) is 0 Å². The lowest BCUT2D eigenvalue weighted by molar-refractivity contribution is -0.122. The predicted octanol–water partition coefficient (Wildman–Crippen LogP) is 3.51. The van der Waals surface area contributed by atoms with Crippen LogP contribution in [0.4, 0.5) is 5.69 Å². The summed E-state index contributed by atoms with van der Waals surface area (Å²) in [4.78, 5) is 24.5. The Morgan fingerprint density at radius 2 is 1.96 bits per heavy atom. The summed E-state index contributed by atoms with van der Waals surface area (Å²) in [5.41, 5.74) is 2.31. The van der Waals surface area contributed by atoms with Crippen LogP contribution < -0.4 is 16.0 Å². The summed E-state index contributed by atoms with van der Waals surface area (Å²) in [7, 11) is 0. The van der Waals surface area contributed by atoms with Crippen molar-refractivity contribution in [1.82, 2.24) is 10.6 Å². The van der Waals surface area contributed by atoms with Gasteiger partial charge in [0.05, 0.1) is 6.04 Å². The Hall–Kier alpha value is -2.66. The van der Waals surface area contributed by atoms with Gasteiger partial charge in [-0.15, -0.1) is 0 Å². The van der Waals surface area contributed by atoms with Crippen molar-refractivity contribution < 1.29 is 9.59 Å². The summed E-state index contributed by atoms with van der Waals surface area (Å²) in [5, 5.41) is 9.30. The average molecular weight is 365 g/mol. The number of amides is 2. The monoisotopic (exact) mass is 365 g/mol. The standard InChI is InChI=1S/C22H27N3O2/c1-16(24-21(26)11-10-17-12-13-23-15-17)19-8-5-9-20(14-19)25-22(27)18-6-3-2-4-7-18/h2-9,14,16-17,23H,10-13,15H2,1H3,(H,24,26)(H,25,27). The smallest absolute Gasteiger partial charge is 0.255 e. The van der Waals surface area contributed by atoms with Crippen molar-refractivity contribution in [2.75, 3.05) is 18.4 Å². The first-order valence-corrected chi connectivity index (χ1v) is 9.58. The zero-order valence-electron chi connectivity index (χ0n) is 15.7. The van der Waals surface area contributed by atoms with Gasteiger partial charge in [0.2, 0.25) is 5.91 Å². The molecule has 1 saturated heterocycles. The van der Waals surface area contributed by atoms with Gasteiger partial charge in [-0.3, -0.25) is 9.59 Å². The van der Waals surface area contributed by atoms with Crippen LogP contribution in [-0.4, -0.2) is 24.9 Å². The lowest BCUT2D eigenvalue weighted by atomic mass is 10.0. The van der Waals surface area contributed by atoms with Crippen molar-refractivity contribution >= 4 is 17.5 Å². The second kappa shape index (κ2) is 9.33. The fourth-order valence-electron chi connectivity index (χ4n) is 3.37. The van der Waals surface area contributed by atoms with E-state index in [1.165, 1.54) is 0 Å². The molecule has 0 aromatic heterocycles. The molecule has 1 aliphatic heterocycles. The highest BCUT2D eigenvalue weighted by Gasteiger charge is 2.17. The van der Waals surface area contributed by atoms with Gasteiger partial charge in [0.25, 0.3) is 5.91 Å². The molecule has 0 saturated carbocycles. The maximum absolute atomic E-state index is 12.3. The van der Waals surface area contributed by atoms with E-state index in [0.717, 1.165) is 37.2 Å². The second-order valence-corrected chi connectivity index (χ2v) is 7.13. The first kappa shape index (κ1) is 19.1. The Balaban J connectivity index is 1.54. The third kappa shape index (κ3) is 5.66. The van der Waals surface area contributed by atoms with E-state index in [9.17, 15) is 9.59 Å². The van der Waals surface area contributed by atoms with Crippen LogP contribution in [0.1, 0.15) is 48.1 Å². The van der Waals surface area contributed by atoms with Crippen LogP contribution in [-0.2, 0) is 4.79 Å². The molecule has 2 amide bonds. The quantitative estimate of drug-likeness (QED) is 0.703. The van der Waals surface area contributed by atoms with Gasteiger partial charge in [-0.25, -0.2) is 0 Å². The van der Waals surface area contributed by atoms with Gasteiger partial charge in [-0.2, -0.15) is 0 Å². The first-order valence-electron chi connectivity index (χ1n) is 9.58. The highest BCUT2D eigenvalue weighted by Crippen LogP contribution is 2.19. The van der Waals surface area contributed by atoms with E-state index < -0.39 is 0 Å². The molecule has 5 heteroatoms. The average Bonchev–Trinajstić information content (AvgIpc) is 3.21. The summed E-state index contributed by atoms with van der Waals surface area (Å²) >= 11 is 0. The fraction of sp³-hybridized carbons (Fsp3) is 0.364. The minimum absolute atomic E-state index is 0.0770. The maximum atomic E-state index is 12.3. The number of anilines is 1. The van der Waals surface area contributed by atoms with E-state index in [-0.39, 0.29) is 17.9 Å². The zero-order valence-corrected chi connectivity index (χ0v) is 15.7. The molecule has 0 bridgehead atoms. The van der Waals surface area contributed by atoms with Crippen LogP contribution in [0.3, 0.4) is 0 Å². The maximum Gasteiger partial charge on any atom is 0.255 e. The topological polar surface area (TPSA) is 70.2 Å². The molecule has 2 atom stereocenters. The van der Waals surface area contributed by atoms with Gasteiger partial charge >= 0.3 is 0 Å². The Morgan fingerprint density at radius 3 is 2.70 bits per heavy atom. The summed E-state index contributed by atoms with van der Waals surface area (Å²) in [6.45, 7) is 4.04. The van der Waals surface area contributed by atoms with E-state index in [4.69, 9.17) is 0 Å². The first-order chi connectivity index (χ1) is 13.1. The molecule has 142 valence electrons. The molecule has 2 aromatic rings. The van der Waals surface area contributed by atoms with Gasteiger partial charge in [-0.1, -0.05) is 30.3 Å². The van der Waals surface area contributed by atoms with Crippen LogP contribution in [0.15, 0.2) is 54.6 Å². The van der Waals surface area contributed by atoms with Crippen LogP contribution in [0, 0.1) is 5.92 Å². The van der Waals surface area contributed by atoms with Crippen molar-refractivity contribution in [3.63, 3.8) is 0 Å². The molecular formula is C22H27N3O2. The Morgan fingerprint density at radius 1 is 1.15 bits per heavy atom. The molecule has 1 aliphatic rings. The van der Waals surface area contributed by atoms with Crippen LogP contribution >= 0.6 is 0 Å². The summed E-state index contributed by atoms with van der Waals surface area (Å²) < 4.78 is 0. The van der Waals surface area contributed by atoms with Crippen molar-refractivity contribution in [1.29, 1.82) is 0 Å². The van der Waals surface area contributed by atoms with Gasteiger partial charge in [0.15, 0.2) is 0 Å². The molecule has 3 N–H and O–H groups in total. The van der Waals surface area contributed by atoms with Crippen LogP contribution in [0.25, 0.3) is 0 Å². The minimum atomic E-state index is -0.144. The molecule has 2 unspecified atom stereocenters. The van der Waals surface area contributed by atoms with E-state index in [1.807, 2.05) is 49.4 Å². The molecular weight excluding hydrogens is 338 g/mol. The molecule has 3 rings (SSSR count). The lowest BCUT2D eigenvalue weighted by Crippen LogP contribution is -2.27. The van der Waals surface area contributed by atoms with Crippen molar-refractivity contribution in [3.8, 4) is 0 Å². The van der Waals surface area contributed by atoms with Crippen LogP contribution in [0.2, 0.25) is 0 Å². The molecule has 1 fully saturated rings. The number of carbonyl (C=O) groups excluding carboxylic acids is 2. The Labute approximate surface area is 160 Å². The molecule has 0 aliphatic carbocycles. The molecule has 27 heavy (non-hydrogen) atoms. The van der Waals surface area contributed by atoms with Crippen molar-refractivity contribution in [2.24, 2.45) is 5.92 Å². The molecule has 0 spiro atoms.